The van der Waals surface area contributed by atoms with Gasteiger partial charge in [0.05, 0.1) is 5.75 Å². The summed E-state index contributed by atoms with van der Waals surface area (Å²) in [5, 5.41) is 0. The quantitative estimate of drug-likeness (QED) is 0.806. The first-order chi connectivity index (χ1) is 10.7. The normalized spacial score (nSPS) is 19.4. The molecule has 3 nitrogen and oxygen atoms in total. The van der Waals surface area contributed by atoms with Crippen LogP contribution in [0.3, 0.4) is 0 Å². The number of aryl methyl sites for hydroxylation is 1. The van der Waals surface area contributed by atoms with Crippen molar-refractivity contribution in [2.75, 3.05) is 37.7 Å². The van der Waals surface area contributed by atoms with Crippen molar-refractivity contribution in [2.45, 2.75) is 26.3 Å². The Bertz CT molecular complexity index is 508. The third-order valence-electron chi connectivity index (χ3n) is 4.66. The second-order valence-corrected chi connectivity index (χ2v) is 7.57. The van der Waals surface area contributed by atoms with Gasteiger partial charge in [-0.05, 0) is 42.6 Å². The number of carbonyl (C=O) groups excluding carboxylic acids is 1. The minimum Gasteiger partial charge on any atom is -0.339 e. The summed E-state index contributed by atoms with van der Waals surface area (Å²) in [6.07, 6.45) is 2.75. The number of benzene rings is 1. The van der Waals surface area contributed by atoms with E-state index < -0.39 is 0 Å². The van der Waals surface area contributed by atoms with Crippen LogP contribution in [0.4, 0.5) is 0 Å². The minimum atomic E-state index is 0.334. The first-order valence-electron chi connectivity index (χ1n) is 8.35. The number of piperazine rings is 1. The molecule has 1 saturated heterocycles. The van der Waals surface area contributed by atoms with Crippen LogP contribution in [-0.4, -0.2) is 53.4 Å². The number of carbonyl (C=O) groups is 1. The summed E-state index contributed by atoms with van der Waals surface area (Å²) in [6.45, 7) is 6.93. The van der Waals surface area contributed by atoms with Crippen LogP contribution < -0.4 is 0 Å². The van der Waals surface area contributed by atoms with E-state index in [1.807, 2.05) is 16.7 Å². The van der Waals surface area contributed by atoms with Gasteiger partial charge in [-0.25, -0.2) is 0 Å². The van der Waals surface area contributed by atoms with Gasteiger partial charge >= 0.3 is 0 Å². The van der Waals surface area contributed by atoms with Gasteiger partial charge in [-0.3, -0.25) is 9.69 Å². The molecule has 0 N–H and O–H groups in total. The molecule has 2 fully saturated rings. The molecule has 1 amide bonds. The highest BCUT2D eigenvalue weighted by Crippen LogP contribution is 2.32. The summed E-state index contributed by atoms with van der Waals surface area (Å²) in [5.74, 6) is 3.10. The smallest absolute Gasteiger partial charge is 0.232 e. The number of nitrogens with zero attached hydrogens (tertiary/aromatic N) is 2. The molecule has 1 aromatic rings. The Hall–Kier alpha value is -1.000. The van der Waals surface area contributed by atoms with Gasteiger partial charge in [0.2, 0.25) is 5.91 Å². The standard InChI is InChI=1S/C18H26N2OS/c1-15-4-2-3-5-17(15)12-19-8-10-20(11-9-19)18(21)14-22-13-16-6-7-16/h2-5,16H,6-14H2,1H3. The van der Waals surface area contributed by atoms with Crippen molar-refractivity contribution in [1.29, 1.82) is 0 Å². The highest BCUT2D eigenvalue weighted by molar-refractivity contribution is 7.99. The van der Waals surface area contributed by atoms with Crippen molar-refractivity contribution in [3.05, 3.63) is 35.4 Å². The van der Waals surface area contributed by atoms with Crippen LogP contribution in [0, 0.1) is 12.8 Å². The van der Waals surface area contributed by atoms with E-state index in [1.165, 1.54) is 29.7 Å². The molecule has 1 saturated carbocycles. The van der Waals surface area contributed by atoms with Crippen molar-refractivity contribution >= 4 is 17.7 Å². The van der Waals surface area contributed by atoms with Gasteiger partial charge in [-0.2, -0.15) is 11.8 Å². The number of hydrogen-bond donors (Lipinski definition) is 0. The molecule has 1 aliphatic heterocycles. The zero-order valence-electron chi connectivity index (χ0n) is 13.5. The predicted molar refractivity (Wildman–Crippen MR) is 93.1 cm³/mol. The van der Waals surface area contributed by atoms with Gasteiger partial charge in [0, 0.05) is 32.7 Å². The lowest BCUT2D eigenvalue weighted by Crippen LogP contribution is -2.48. The second kappa shape index (κ2) is 7.51. The third-order valence-corrected chi connectivity index (χ3v) is 5.81. The largest absolute Gasteiger partial charge is 0.339 e. The molecule has 4 heteroatoms. The Balaban J connectivity index is 1.39. The molecular formula is C18H26N2OS. The fraction of sp³-hybridized carbons (Fsp3) is 0.611. The van der Waals surface area contributed by atoms with Crippen LogP contribution in [0.15, 0.2) is 24.3 Å². The minimum absolute atomic E-state index is 0.334. The van der Waals surface area contributed by atoms with Crippen LogP contribution in [0.5, 0.6) is 0 Å². The number of thioether (sulfide) groups is 1. The van der Waals surface area contributed by atoms with E-state index in [9.17, 15) is 4.79 Å². The zero-order chi connectivity index (χ0) is 15.4. The van der Waals surface area contributed by atoms with Gasteiger partial charge in [-0.15, -0.1) is 0 Å². The summed E-state index contributed by atoms with van der Waals surface area (Å²) < 4.78 is 0. The number of rotatable bonds is 6. The maximum atomic E-state index is 12.2. The fourth-order valence-corrected chi connectivity index (χ4v) is 4.01. The van der Waals surface area contributed by atoms with Gasteiger partial charge in [-0.1, -0.05) is 24.3 Å². The fourth-order valence-electron chi connectivity index (χ4n) is 2.87. The van der Waals surface area contributed by atoms with E-state index in [0.29, 0.717) is 11.7 Å². The molecule has 0 aromatic heterocycles. The highest BCUT2D eigenvalue weighted by Gasteiger charge is 2.24. The molecule has 0 bridgehead atoms. The molecule has 3 rings (SSSR count). The second-order valence-electron chi connectivity index (χ2n) is 6.54. The van der Waals surface area contributed by atoms with E-state index in [1.54, 1.807) is 0 Å². The van der Waals surface area contributed by atoms with E-state index in [0.717, 1.165) is 38.6 Å². The first-order valence-corrected chi connectivity index (χ1v) is 9.50. The molecule has 22 heavy (non-hydrogen) atoms. The Morgan fingerprint density at radius 1 is 1.18 bits per heavy atom. The molecule has 2 aliphatic rings. The lowest BCUT2D eigenvalue weighted by Gasteiger charge is -2.35. The molecule has 0 atom stereocenters. The lowest BCUT2D eigenvalue weighted by atomic mass is 10.1. The Labute approximate surface area is 138 Å². The average molecular weight is 318 g/mol. The van der Waals surface area contributed by atoms with Gasteiger partial charge in [0.15, 0.2) is 0 Å². The highest BCUT2D eigenvalue weighted by atomic mass is 32.2. The van der Waals surface area contributed by atoms with Crippen LogP contribution in [0.1, 0.15) is 24.0 Å². The molecule has 120 valence electrons. The van der Waals surface area contributed by atoms with Crippen LogP contribution in [-0.2, 0) is 11.3 Å². The van der Waals surface area contributed by atoms with E-state index in [-0.39, 0.29) is 0 Å². The maximum absolute atomic E-state index is 12.2. The predicted octanol–water partition coefficient (Wildman–Crippen LogP) is 2.78. The SMILES string of the molecule is Cc1ccccc1CN1CCN(C(=O)CSCC2CC2)CC1. The summed E-state index contributed by atoms with van der Waals surface area (Å²) in [6, 6.07) is 8.58. The van der Waals surface area contributed by atoms with Gasteiger partial charge in [0.25, 0.3) is 0 Å². The van der Waals surface area contributed by atoms with Crippen LogP contribution in [0.25, 0.3) is 0 Å². The van der Waals surface area contributed by atoms with Gasteiger partial charge in [0.1, 0.15) is 0 Å². The van der Waals surface area contributed by atoms with Crippen molar-refractivity contribution in [2.24, 2.45) is 5.92 Å². The summed E-state index contributed by atoms with van der Waals surface area (Å²) >= 11 is 1.83. The van der Waals surface area contributed by atoms with E-state index in [4.69, 9.17) is 0 Å². The first kappa shape index (κ1) is 15.9. The lowest BCUT2D eigenvalue weighted by molar-refractivity contribution is -0.130. The molecule has 0 spiro atoms. The summed E-state index contributed by atoms with van der Waals surface area (Å²) in [5.41, 5.74) is 2.76. The van der Waals surface area contributed by atoms with Crippen molar-refractivity contribution in [3.8, 4) is 0 Å². The topological polar surface area (TPSA) is 23.6 Å². The van der Waals surface area contributed by atoms with Crippen molar-refractivity contribution in [1.82, 2.24) is 9.80 Å². The Morgan fingerprint density at radius 3 is 2.59 bits per heavy atom. The van der Waals surface area contributed by atoms with E-state index in [2.05, 4.69) is 36.1 Å². The Kier molecular flexibility index (Phi) is 5.42. The molecule has 0 radical (unpaired) electrons. The monoisotopic (exact) mass is 318 g/mol. The molecule has 1 heterocycles. The molecule has 1 aromatic carbocycles. The Morgan fingerprint density at radius 2 is 1.91 bits per heavy atom. The van der Waals surface area contributed by atoms with E-state index >= 15 is 0 Å². The summed E-state index contributed by atoms with van der Waals surface area (Å²) in [4.78, 5) is 16.7. The molecule has 1 aliphatic carbocycles. The summed E-state index contributed by atoms with van der Waals surface area (Å²) in [7, 11) is 0. The average Bonchev–Trinajstić information content (AvgIpc) is 3.34. The van der Waals surface area contributed by atoms with Crippen LogP contribution >= 0.6 is 11.8 Å². The molecular weight excluding hydrogens is 292 g/mol. The van der Waals surface area contributed by atoms with Crippen molar-refractivity contribution in [3.63, 3.8) is 0 Å². The number of amides is 1. The van der Waals surface area contributed by atoms with Crippen molar-refractivity contribution < 1.29 is 4.79 Å². The number of hydrogen-bond acceptors (Lipinski definition) is 3. The van der Waals surface area contributed by atoms with Crippen LogP contribution in [0.2, 0.25) is 0 Å². The maximum Gasteiger partial charge on any atom is 0.232 e. The zero-order valence-corrected chi connectivity index (χ0v) is 14.3. The van der Waals surface area contributed by atoms with Gasteiger partial charge < -0.3 is 4.90 Å². The third kappa shape index (κ3) is 4.50. The molecule has 0 unspecified atom stereocenters.